The van der Waals surface area contributed by atoms with Crippen molar-refractivity contribution in [3.05, 3.63) is 71.8 Å². The Hall–Kier alpha value is -3.06. The fourth-order valence-corrected chi connectivity index (χ4v) is 3.14. The van der Waals surface area contributed by atoms with Crippen LogP contribution in [0.3, 0.4) is 0 Å². The average Bonchev–Trinajstić information content (AvgIpc) is 2.69. The normalized spacial score (nSPS) is 11.9. The molecule has 0 aliphatic carbocycles. The van der Waals surface area contributed by atoms with Crippen LogP contribution in [0, 0.1) is 0 Å². The summed E-state index contributed by atoms with van der Waals surface area (Å²) in [7, 11) is -7.69. The molecule has 12 heteroatoms. The van der Waals surface area contributed by atoms with Gasteiger partial charge < -0.3 is 9.47 Å². The van der Waals surface area contributed by atoms with Crippen LogP contribution in [0.2, 0.25) is 0 Å². The molecule has 0 radical (unpaired) electrons. The summed E-state index contributed by atoms with van der Waals surface area (Å²) in [6.45, 7) is -0.202. The molecule has 2 aromatic rings. The fraction of sp³-hybridized carbons (Fsp3) is 0.111. The first-order valence-corrected chi connectivity index (χ1v) is 11.3. The minimum Gasteiger partial charge on any atom is -0.458 e. The molecule has 2 aromatic carbocycles. The van der Waals surface area contributed by atoms with Crippen LogP contribution in [0.1, 0.15) is 20.7 Å². The number of carbonyl (C=O) groups is 2. The first-order chi connectivity index (χ1) is 14.0. The van der Waals surface area contributed by atoms with Gasteiger partial charge in [-0.1, -0.05) is 0 Å². The Morgan fingerprint density at radius 2 is 0.967 bits per heavy atom. The lowest BCUT2D eigenvalue weighted by Crippen LogP contribution is -2.13. The van der Waals surface area contributed by atoms with E-state index in [9.17, 15) is 26.4 Å². The summed E-state index contributed by atoms with van der Waals surface area (Å²) >= 11 is 0. The van der Waals surface area contributed by atoms with Crippen molar-refractivity contribution in [3.63, 3.8) is 0 Å². The molecule has 0 aromatic heterocycles. The van der Waals surface area contributed by atoms with Crippen LogP contribution in [0.25, 0.3) is 0 Å². The van der Waals surface area contributed by atoms with Gasteiger partial charge in [-0.05, 0) is 60.7 Å². The van der Waals surface area contributed by atoms with Gasteiger partial charge in [0.15, 0.2) is 0 Å². The van der Waals surface area contributed by atoms with Crippen molar-refractivity contribution in [2.75, 3.05) is 13.2 Å². The number of benzene rings is 2. The number of primary sulfonamides is 2. The lowest BCUT2D eigenvalue weighted by Gasteiger charge is -2.04. The number of hydrogen-bond acceptors (Lipinski definition) is 8. The van der Waals surface area contributed by atoms with Crippen molar-refractivity contribution in [2.24, 2.45) is 10.3 Å². The standard InChI is InChI=1S/C18H18N2O8S2/c19-29(23,24)15-7-3-13(4-8-15)17(21)27-11-1-2-12-28-18(22)14-5-9-16(10-6-14)30(20,25)26/h1-10H,11-12H2,(H2,19,23,24)(H2,20,25,26)/b2-1+. The molecular weight excluding hydrogens is 436 g/mol. The van der Waals surface area contributed by atoms with E-state index < -0.39 is 32.0 Å². The van der Waals surface area contributed by atoms with E-state index >= 15 is 0 Å². The summed E-state index contributed by atoms with van der Waals surface area (Å²) < 4.78 is 54.6. The Morgan fingerprint density at radius 3 is 1.23 bits per heavy atom. The molecule has 0 fully saturated rings. The van der Waals surface area contributed by atoms with Gasteiger partial charge >= 0.3 is 11.9 Å². The summed E-state index contributed by atoms with van der Waals surface area (Å²) in [5, 5.41) is 9.95. The lowest BCUT2D eigenvalue weighted by atomic mass is 10.2. The van der Waals surface area contributed by atoms with E-state index in [-0.39, 0.29) is 34.1 Å². The van der Waals surface area contributed by atoms with Crippen LogP contribution < -0.4 is 10.3 Å². The zero-order chi connectivity index (χ0) is 22.4. The molecule has 4 N–H and O–H groups in total. The highest BCUT2D eigenvalue weighted by atomic mass is 32.2. The second-order valence-corrected chi connectivity index (χ2v) is 8.93. The predicted molar refractivity (Wildman–Crippen MR) is 105 cm³/mol. The van der Waals surface area contributed by atoms with Gasteiger partial charge in [-0.2, -0.15) is 0 Å². The van der Waals surface area contributed by atoms with E-state index in [1.54, 1.807) is 0 Å². The van der Waals surface area contributed by atoms with Gasteiger partial charge in [0.1, 0.15) is 13.2 Å². The molecule has 2 rings (SSSR count). The zero-order valence-electron chi connectivity index (χ0n) is 15.4. The molecule has 0 aliphatic heterocycles. The largest absolute Gasteiger partial charge is 0.458 e. The highest BCUT2D eigenvalue weighted by molar-refractivity contribution is 7.89. The van der Waals surface area contributed by atoms with Crippen molar-refractivity contribution in [3.8, 4) is 0 Å². The summed E-state index contributed by atoms with van der Waals surface area (Å²) in [5.41, 5.74) is 0.287. The Balaban J connectivity index is 1.77. The molecule has 0 unspecified atom stereocenters. The van der Waals surface area contributed by atoms with Crippen molar-refractivity contribution in [1.82, 2.24) is 0 Å². The smallest absolute Gasteiger partial charge is 0.338 e. The van der Waals surface area contributed by atoms with Gasteiger partial charge in [-0.25, -0.2) is 36.7 Å². The highest BCUT2D eigenvalue weighted by Gasteiger charge is 2.12. The number of hydrogen-bond donors (Lipinski definition) is 2. The van der Waals surface area contributed by atoms with Crippen molar-refractivity contribution >= 4 is 32.0 Å². The summed E-state index contributed by atoms with van der Waals surface area (Å²) in [6.07, 6.45) is 2.90. The molecule has 0 atom stereocenters. The van der Waals surface area contributed by atoms with Crippen LogP contribution in [-0.4, -0.2) is 42.0 Å². The number of ether oxygens (including phenoxy) is 2. The van der Waals surface area contributed by atoms with E-state index in [0.717, 1.165) is 0 Å². The van der Waals surface area contributed by atoms with Gasteiger partial charge in [0, 0.05) is 0 Å². The average molecular weight is 454 g/mol. The van der Waals surface area contributed by atoms with Crippen LogP contribution >= 0.6 is 0 Å². The number of esters is 2. The summed E-state index contributed by atoms with van der Waals surface area (Å²) in [5.74, 6) is -1.35. The Bertz CT molecular complexity index is 1060. The maximum Gasteiger partial charge on any atom is 0.338 e. The zero-order valence-corrected chi connectivity index (χ0v) is 17.1. The third-order valence-electron chi connectivity index (χ3n) is 3.63. The van der Waals surface area contributed by atoms with E-state index in [0.29, 0.717) is 0 Å². The molecule has 0 bridgehead atoms. The number of carbonyl (C=O) groups excluding carboxylic acids is 2. The minimum atomic E-state index is -3.85. The van der Waals surface area contributed by atoms with Crippen LogP contribution in [0.5, 0.6) is 0 Å². The third-order valence-corrected chi connectivity index (χ3v) is 5.48. The summed E-state index contributed by atoms with van der Waals surface area (Å²) in [6, 6.07) is 9.85. The molecule has 30 heavy (non-hydrogen) atoms. The molecule has 0 saturated heterocycles. The Labute approximate surface area is 173 Å². The quantitative estimate of drug-likeness (QED) is 0.430. The van der Waals surface area contributed by atoms with Gasteiger partial charge in [0.05, 0.1) is 20.9 Å². The minimum absolute atomic E-state index is 0.101. The van der Waals surface area contributed by atoms with Crippen LogP contribution in [-0.2, 0) is 29.5 Å². The third kappa shape index (κ3) is 6.77. The maximum atomic E-state index is 11.9. The SMILES string of the molecule is NS(=O)(=O)c1ccc(C(=O)OC/C=C/COC(=O)c2ccc(S(N)(=O)=O)cc2)cc1. The molecule has 0 amide bonds. The fourth-order valence-electron chi connectivity index (χ4n) is 2.11. The second-order valence-electron chi connectivity index (χ2n) is 5.81. The van der Waals surface area contributed by atoms with E-state index in [4.69, 9.17) is 19.8 Å². The van der Waals surface area contributed by atoms with E-state index in [2.05, 4.69) is 0 Å². The van der Waals surface area contributed by atoms with Crippen molar-refractivity contribution < 1.29 is 35.9 Å². The Kier molecular flexibility index (Phi) is 7.45. The molecule has 0 spiro atoms. The van der Waals surface area contributed by atoms with Gasteiger partial charge in [0.2, 0.25) is 20.0 Å². The number of sulfonamides is 2. The number of rotatable bonds is 8. The van der Waals surface area contributed by atoms with Crippen molar-refractivity contribution in [1.29, 1.82) is 0 Å². The van der Waals surface area contributed by atoms with Gasteiger partial charge in [-0.15, -0.1) is 0 Å². The lowest BCUT2D eigenvalue weighted by molar-refractivity contribution is 0.0527. The molecule has 0 aliphatic rings. The van der Waals surface area contributed by atoms with Crippen LogP contribution in [0.15, 0.2) is 70.5 Å². The maximum absolute atomic E-state index is 11.9. The Morgan fingerprint density at radius 1 is 0.667 bits per heavy atom. The summed E-state index contributed by atoms with van der Waals surface area (Å²) in [4.78, 5) is 23.5. The topological polar surface area (TPSA) is 173 Å². The second kappa shape index (κ2) is 9.63. The van der Waals surface area contributed by atoms with Crippen LogP contribution in [0.4, 0.5) is 0 Å². The monoisotopic (exact) mass is 454 g/mol. The highest BCUT2D eigenvalue weighted by Crippen LogP contribution is 2.11. The van der Waals surface area contributed by atoms with Gasteiger partial charge in [-0.3, -0.25) is 0 Å². The molecule has 160 valence electrons. The molecule has 0 saturated carbocycles. The van der Waals surface area contributed by atoms with Gasteiger partial charge in [0.25, 0.3) is 0 Å². The van der Waals surface area contributed by atoms with E-state index in [1.807, 2.05) is 0 Å². The molecule has 10 nitrogen and oxygen atoms in total. The molecule has 0 heterocycles. The number of nitrogens with two attached hydrogens (primary N) is 2. The predicted octanol–water partition coefficient (Wildman–Crippen LogP) is 0.551. The van der Waals surface area contributed by atoms with Crippen molar-refractivity contribution in [2.45, 2.75) is 9.79 Å². The molecular formula is C18H18N2O8S2. The van der Waals surface area contributed by atoms with E-state index in [1.165, 1.54) is 60.7 Å². The first-order valence-electron chi connectivity index (χ1n) is 8.23. The first kappa shape index (κ1) is 23.2.